The molecule has 6 rings (SSSR count). The van der Waals surface area contributed by atoms with Crippen LogP contribution in [0.15, 0.2) is 16.2 Å². The van der Waals surface area contributed by atoms with E-state index in [1.54, 1.807) is 10.5 Å². The fourth-order valence-corrected chi connectivity index (χ4v) is 7.11. The number of nitrogens with one attached hydrogen (secondary N) is 1. The van der Waals surface area contributed by atoms with E-state index in [9.17, 15) is 9.59 Å². The molecule has 0 atom stereocenters. The molecule has 1 N–H and O–H groups in total. The zero-order valence-electron chi connectivity index (χ0n) is 15.2. The first kappa shape index (κ1) is 16.5. The molecule has 0 radical (unpaired) electrons. The molecule has 4 fully saturated rings. The summed E-state index contributed by atoms with van der Waals surface area (Å²) in [6.45, 7) is 2.43. The minimum Gasteiger partial charge on any atom is -0.355 e. The first-order chi connectivity index (χ1) is 12.5. The highest BCUT2D eigenvalue weighted by Gasteiger charge is 2.54. The third kappa shape index (κ3) is 2.61. The Morgan fingerprint density at radius 2 is 1.92 bits per heavy atom. The Morgan fingerprint density at radius 3 is 2.58 bits per heavy atom. The highest BCUT2D eigenvalue weighted by molar-refractivity contribution is 7.15. The average molecular weight is 372 g/mol. The van der Waals surface area contributed by atoms with Crippen molar-refractivity contribution in [2.24, 2.45) is 23.2 Å². The molecule has 26 heavy (non-hydrogen) atoms. The van der Waals surface area contributed by atoms with E-state index in [4.69, 9.17) is 0 Å². The number of fused-ring (bicyclic) bond motifs is 1. The van der Waals surface area contributed by atoms with Crippen LogP contribution < -0.4 is 10.9 Å². The predicted octanol–water partition coefficient (Wildman–Crippen LogP) is 2.94. The van der Waals surface area contributed by atoms with Crippen LogP contribution in [-0.2, 0) is 11.2 Å². The van der Waals surface area contributed by atoms with Gasteiger partial charge in [-0.2, -0.15) is 0 Å². The van der Waals surface area contributed by atoms with Crippen LogP contribution >= 0.6 is 11.3 Å². The number of aryl methyl sites for hydroxylation is 1. The summed E-state index contributed by atoms with van der Waals surface area (Å²) < 4.78 is 1.68. The maximum absolute atomic E-state index is 13.0. The number of carbonyl (C=O) groups is 1. The number of thiazole rings is 1. The Bertz CT molecular complexity index is 893. The molecule has 4 saturated carbocycles. The van der Waals surface area contributed by atoms with Crippen molar-refractivity contribution < 1.29 is 4.79 Å². The van der Waals surface area contributed by atoms with Crippen LogP contribution in [0.2, 0.25) is 0 Å². The number of hydrogen-bond acceptors (Lipinski definition) is 4. The van der Waals surface area contributed by atoms with Gasteiger partial charge in [0.15, 0.2) is 4.96 Å². The molecule has 1 amide bonds. The Hall–Kier alpha value is -1.69. The summed E-state index contributed by atoms with van der Waals surface area (Å²) in [5.41, 5.74) is 1.56. The molecule has 4 bridgehead atoms. The molecule has 0 aromatic carbocycles. The molecule has 0 unspecified atom stereocenters. The number of rotatable bonds is 4. The minimum atomic E-state index is -0.0963. The van der Waals surface area contributed by atoms with Gasteiger partial charge in [0.2, 0.25) is 5.91 Å². The Balaban J connectivity index is 1.28. The quantitative estimate of drug-likeness (QED) is 0.899. The molecule has 2 heterocycles. The lowest BCUT2D eigenvalue weighted by atomic mass is 9.49. The molecule has 4 aliphatic rings. The summed E-state index contributed by atoms with van der Waals surface area (Å²) in [6.07, 6.45) is 8.00. The van der Waals surface area contributed by atoms with Gasteiger partial charge < -0.3 is 5.32 Å². The van der Waals surface area contributed by atoms with Crippen molar-refractivity contribution in [2.75, 3.05) is 6.54 Å². The second kappa shape index (κ2) is 5.91. The summed E-state index contributed by atoms with van der Waals surface area (Å²) in [5, 5.41) is 5.19. The van der Waals surface area contributed by atoms with Crippen molar-refractivity contribution >= 4 is 22.2 Å². The summed E-state index contributed by atoms with van der Waals surface area (Å²) in [5.74, 6) is 2.60. The lowest BCUT2D eigenvalue weighted by Crippen LogP contribution is -2.53. The van der Waals surface area contributed by atoms with Gasteiger partial charge in [0.1, 0.15) is 0 Å². The van der Waals surface area contributed by atoms with Crippen molar-refractivity contribution in [3.05, 3.63) is 33.2 Å². The normalized spacial score (nSPS) is 32.3. The van der Waals surface area contributed by atoms with E-state index in [-0.39, 0.29) is 16.9 Å². The molecule has 6 heteroatoms. The van der Waals surface area contributed by atoms with Gasteiger partial charge >= 0.3 is 0 Å². The van der Waals surface area contributed by atoms with E-state index in [0.29, 0.717) is 13.0 Å². The lowest BCUT2D eigenvalue weighted by molar-refractivity contribution is -0.146. The number of carbonyl (C=O) groups excluding carboxylic acids is 1. The molecule has 0 saturated heterocycles. The number of aromatic nitrogens is 2. The molecule has 2 aromatic rings. The van der Waals surface area contributed by atoms with Gasteiger partial charge in [-0.3, -0.25) is 14.0 Å². The highest BCUT2D eigenvalue weighted by Crippen LogP contribution is 2.60. The topological polar surface area (TPSA) is 63.5 Å². The second-order valence-corrected chi connectivity index (χ2v) is 9.62. The lowest BCUT2D eigenvalue weighted by Gasteiger charge is -2.55. The van der Waals surface area contributed by atoms with Gasteiger partial charge in [0, 0.05) is 41.2 Å². The van der Waals surface area contributed by atoms with Crippen molar-refractivity contribution in [2.45, 2.75) is 51.9 Å². The molecular weight excluding hydrogens is 346 g/mol. The number of nitrogens with zero attached hydrogens (tertiary/aromatic N) is 2. The van der Waals surface area contributed by atoms with Crippen LogP contribution in [-0.4, -0.2) is 21.8 Å². The number of amides is 1. The van der Waals surface area contributed by atoms with Crippen LogP contribution in [0, 0.1) is 30.1 Å². The molecule has 0 spiro atoms. The van der Waals surface area contributed by atoms with Gasteiger partial charge in [-0.15, -0.1) is 11.3 Å². The first-order valence-electron chi connectivity index (χ1n) is 9.77. The van der Waals surface area contributed by atoms with Gasteiger partial charge in [-0.1, -0.05) is 0 Å². The third-order valence-electron chi connectivity index (χ3n) is 6.79. The molecule has 0 aliphatic heterocycles. The summed E-state index contributed by atoms with van der Waals surface area (Å²) in [7, 11) is 0. The van der Waals surface area contributed by atoms with Gasteiger partial charge in [-0.05, 0) is 63.2 Å². The Kier molecular flexibility index (Phi) is 3.75. The van der Waals surface area contributed by atoms with E-state index >= 15 is 0 Å². The maximum Gasteiger partial charge on any atom is 0.258 e. The van der Waals surface area contributed by atoms with E-state index < -0.39 is 0 Å². The monoisotopic (exact) mass is 371 g/mol. The summed E-state index contributed by atoms with van der Waals surface area (Å²) in [4.78, 5) is 30.4. The van der Waals surface area contributed by atoms with Crippen LogP contribution in [0.5, 0.6) is 0 Å². The zero-order valence-corrected chi connectivity index (χ0v) is 16.0. The first-order valence-corrected chi connectivity index (χ1v) is 10.7. The molecule has 2 aromatic heterocycles. The van der Waals surface area contributed by atoms with E-state index in [0.717, 1.165) is 53.4 Å². The Morgan fingerprint density at radius 1 is 1.27 bits per heavy atom. The van der Waals surface area contributed by atoms with Gasteiger partial charge in [-0.25, -0.2) is 4.98 Å². The predicted molar refractivity (Wildman–Crippen MR) is 101 cm³/mol. The van der Waals surface area contributed by atoms with E-state index in [1.165, 1.54) is 30.6 Å². The largest absolute Gasteiger partial charge is 0.355 e. The molecule has 138 valence electrons. The smallest absolute Gasteiger partial charge is 0.258 e. The fraction of sp³-hybridized carbons (Fsp3) is 0.650. The number of hydrogen-bond donors (Lipinski definition) is 1. The third-order valence-corrected chi connectivity index (χ3v) is 7.66. The molecule has 4 aliphatic carbocycles. The second-order valence-electron chi connectivity index (χ2n) is 8.78. The van der Waals surface area contributed by atoms with Gasteiger partial charge in [0.05, 0.1) is 0 Å². The van der Waals surface area contributed by atoms with Crippen molar-refractivity contribution in [3.63, 3.8) is 0 Å². The zero-order chi connectivity index (χ0) is 17.9. The van der Waals surface area contributed by atoms with Crippen LogP contribution in [0.4, 0.5) is 0 Å². The summed E-state index contributed by atoms with van der Waals surface area (Å²) in [6, 6.07) is 1.57. The van der Waals surface area contributed by atoms with Crippen LogP contribution in [0.1, 0.15) is 49.9 Å². The molecule has 5 nitrogen and oxygen atoms in total. The van der Waals surface area contributed by atoms with Crippen molar-refractivity contribution in [1.29, 1.82) is 0 Å². The SMILES string of the molecule is Cc1cc(=O)n2c(CCNC(=O)C34CC5CC(CC(C5)C3)C4)csc2n1. The fourth-order valence-electron chi connectivity index (χ4n) is 6.14. The highest BCUT2D eigenvalue weighted by atomic mass is 32.1. The average Bonchev–Trinajstić information content (AvgIpc) is 2.96. The minimum absolute atomic E-state index is 0.0313. The summed E-state index contributed by atoms with van der Waals surface area (Å²) >= 11 is 1.49. The van der Waals surface area contributed by atoms with Crippen LogP contribution in [0.25, 0.3) is 4.96 Å². The van der Waals surface area contributed by atoms with Gasteiger partial charge in [0.25, 0.3) is 5.56 Å². The van der Waals surface area contributed by atoms with Crippen LogP contribution in [0.3, 0.4) is 0 Å². The van der Waals surface area contributed by atoms with Crippen molar-refractivity contribution in [1.82, 2.24) is 14.7 Å². The maximum atomic E-state index is 13.0. The Labute approximate surface area is 156 Å². The molecular formula is C20H25N3O2S. The van der Waals surface area contributed by atoms with Crippen molar-refractivity contribution in [3.8, 4) is 0 Å². The van der Waals surface area contributed by atoms with E-state index in [2.05, 4.69) is 10.3 Å². The standard InChI is InChI=1S/C20H25N3O2S/c1-12-4-17(24)23-16(11-26-19(23)22-12)2-3-21-18(25)20-8-13-5-14(9-20)7-15(6-13)10-20/h4,11,13-15H,2-3,5-10H2,1H3,(H,21,25). The van der Waals surface area contributed by atoms with E-state index in [1.807, 2.05) is 12.3 Å².